The molecule has 118 valence electrons. The molecule has 0 unspecified atom stereocenters. The van der Waals surface area contributed by atoms with Crippen molar-refractivity contribution >= 4 is 28.9 Å². The summed E-state index contributed by atoms with van der Waals surface area (Å²) in [7, 11) is 1.86. The van der Waals surface area contributed by atoms with Gasteiger partial charge in [-0.3, -0.25) is 9.48 Å². The van der Waals surface area contributed by atoms with Gasteiger partial charge in [-0.15, -0.1) is 0 Å². The summed E-state index contributed by atoms with van der Waals surface area (Å²) >= 11 is 6.21. The first-order chi connectivity index (χ1) is 10.5. The van der Waals surface area contributed by atoms with Crippen LogP contribution in [-0.2, 0) is 18.3 Å². The molecule has 6 heteroatoms. The maximum atomic E-state index is 12.1. The summed E-state index contributed by atoms with van der Waals surface area (Å²) in [6.45, 7) is 4.05. The van der Waals surface area contributed by atoms with E-state index in [-0.39, 0.29) is 11.9 Å². The first-order valence-electron chi connectivity index (χ1n) is 7.28. The third kappa shape index (κ3) is 4.49. The fraction of sp³-hybridized carbons (Fsp3) is 0.375. The maximum Gasteiger partial charge on any atom is 0.224 e. The van der Waals surface area contributed by atoms with E-state index in [4.69, 9.17) is 11.6 Å². The number of halogens is 1. The molecule has 0 aliphatic heterocycles. The molecule has 0 bridgehead atoms. The van der Waals surface area contributed by atoms with Gasteiger partial charge < -0.3 is 10.6 Å². The smallest absolute Gasteiger partial charge is 0.224 e. The average molecular weight is 321 g/mol. The molecule has 1 aromatic carbocycles. The predicted octanol–water partition coefficient (Wildman–Crippen LogP) is 3.47. The van der Waals surface area contributed by atoms with Crippen LogP contribution < -0.4 is 10.6 Å². The van der Waals surface area contributed by atoms with Gasteiger partial charge in [0.1, 0.15) is 0 Å². The molecule has 5 nitrogen and oxygen atoms in total. The van der Waals surface area contributed by atoms with Gasteiger partial charge in [0.05, 0.1) is 22.6 Å². The maximum absolute atomic E-state index is 12.1. The lowest BCUT2D eigenvalue weighted by Crippen LogP contribution is -2.16. The first-order valence-corrected chi connectivity index (χ1v) is 7.66. The van der Waals surface area contributed by atoms with Crippen molar-refractivity contribution in [3.63, 3.8) is 0 Å². The van der Waals surface area contributed by atoms with Crippen LogP contribution in [0.15, 0.2) is 30.6 Å². The van der Waals surface area contributed by atoms with E-state index in [2.05, 4.69) is 15.7 Å². The van der Waals surface area contributed by atoms with Crippen molar-refractivity contribution in [3.05, 3.63) is 41.2 Å². The quantitative estimate of drug-likeness (QED) is 0.857. The van der Waals surface area contributed by atoms with Gasteiger partial charge in [0.15, 0.2) is 0 Å². The van der Waals surface area contributed by atoms with E-state index in [1.54, 1.807) is 16.9 Å². The number of amides is 1. The van der Waals surface area contributed by atoms with Crippen LogP contribution in [0.1, 0.15) is 25.8 Å². The molecule has 22 heavy (non-hydrogen) atoms. The van der Waals surface area contributed by atoms with Crippen LogP contribution in [0.5, 0.6) is 0 Å². The van der Waals surface area contributed by atoms with E-state index in [0.717, 1.165) is 11.3 Å². The fourth-order valence-electron chi connectivity index (χ4n) is 2.14. The highest BCUT2D eigenvalue weighted by Crippen LogP contribution is 2.31. The topological polar surface area (TPSA) is 58.9 Å². The minimum atomic E-state index is -0.0436. The summed E-state index contributed by atoms with van der Waals surface area (Å²) in [5.41, 5.74) is 2.51. The molecule has 0 aliphatic rings. The Bertz CT molecular complexity index is 651. The molecule has 0 saturated heterocycles. The number of anilines is 2. The lowest BCUT2D eigenvalue weighted by molar-refractivity contribution is -0.116. The summed E-state index contributed by atoms with van der Waals surface area (Å²) in [4.78, 5) is 12.1. The minimum Gasteiger partial charge on any atom is -0.380 e. The largest absolute Gasteiger partial charge is 0.380 e. The lowest BCUT2D eigenvalue weighted by atomic mass is 10.2. The van der Waals surface area contributed by atoms with E-state index >= 15 is 0 Å². The molecule has 2 N–H and O–H groups in total. The molecule has 2 rings (SSSR count). The Morgan fingerprint density at radius 3 is 2.82 bits per heavy atom. The number of carbonyl (C=O) groups excluding carboxylic acids is 1. The highest BCUT2D eigenvalue weighted by Gasteiger charge is 2.11. The fourth-order valence-corrected chi connectivity index (χ4v) is 2.36. The van der Waals surface area contributed by atoms with Crippen molar-refractivity contribution in [1.82, 2.24) is 9.78 Å². The molecule has 2 aromatic rings. The van der Waals surface area contributed by atoms with Crippen LogP contribution >= 0.6 is 11.6 Å². The number of para-hydroxylation sites is 1. The zero-order chi connectivity index (χ0) is 16.1. The van der Waals surface area contributed by atoms with Gasteiger partial charge in [-0.05, 0) is 38.0 Å². The Labute approximate surface area is 135 Å². The minimum absolute atomic E-state index is 0.0436. The van der Waals surface area contributed by atoms with Crippen LogP contribution in [0.4, 0.5) is 11.4 Å². The lowest BCUT2D eigenvalue weighted by Gasteiger charge is -2.17. The Balaban J connectivity index is 2.00. The van der Waals surface area contributed by atoms with E-state index < -0.39 is 0 Å². The number of benzene rings is 1. The van der Waals surface area contributed by atoms with Crippen molar-refractivity contribution in [2.45, 2.75) is 32.7 Å². The number of aryl methyl sites for hydroxylation is 2. The molecule has 0 saturated carbocycles. The van der Waals surface area contributed by atoms with Crippen LogP contribution in [0.25, 0.3) is 0 Å². The molecule has 0 aliphatic carbocycles. The second-order valence-electron chi connectivity index (χ2n) is 5.53. The summed E-state index contributed by atoms with van der Waals surface area (Å²) in [5, 5.41) is 10.9. The average Bonchev–Trinajstić information content (AvgIpc) is 2.86. The summed E-state index contributed by atoms with van der Waals surface area (Å²) in [5.74, 6) is -0.0436. The normalized spacial score (nSPS) is 10.8. The van der Waals surface area contributed by atoms with Crippen molar-refractivity contribution < 1.29 is 4.79 Å². The van der Waals surface area contributed by atoms with Gasteiger partial charge in [-0.1, -0.05) is 17.7 Å². The molecule has 0 spiro atoms. The highest BCUT2D eigenvalue weighted by atomic mass is 35.5. The molecule has 0 fully saturated rings. The van der Waals surface area contributed by atoms with E-state index in [0.29, 0.717) is 23.6 Å². The van der Waals surface area contributed by atoms with Crippen LogP contribution in [-0.4, -0.2) is 21.7 Å². The zero-order valence-electron chi connectivity index (χ0n) is 13.1. The van der Waals surface area contributed by atoms with E-state index in [9.17, 15) is 4.79 Å². The number of aromatic nitrogens is 2. The zero-order valence-corrected chi connectivity index (χ0v) is 13.8. The van der Waals surface area contributed by atoms with Crippen LogP contribution in [0, 0.1) is 0 Å². The Kier molecular flexibility index (Phi) is 5.44. The third-order valence-electron chi connectivity index (χ3n) is 3.12. The number of rotatable bonds is 6. The van der Waals surface area contributed by atoms with Crippen molar-refractivity contribution in [2.24, 2.45) is 7.05 Å². The second kappa shape index (κ2) is 7.31. The van der Waals surface area contributed by atoms with E-state index in [1.165, 1.54) is 0 Å². The molecule has 0 radical (unpaired) electrons. The van der Waals surface area contributed by atoms with Gasteiger partial charge in [0, 0.05) is 25.7 Å². The monoisotopic (exact) mass is 320 g/mol. The standard InChI is InChI=1S/C16H21ClN4O/c1-11(2)19-16-13(17)5-4-6-14(16)20-15(22)8-7-12-9-18-21(3)10-12/h4-6,9-11,19H,7-8H2,1-3H3,(H,20,22). The van der Waals surface area contributed by atoms with Crippen molar-refractivity contribution in [3.8, 4) is 0 Å². The van der Waals surface area contributed by atoms with Gasteiger partial charge >= 0.3 is 0 Å². The second-order valence-corrected chi connectivity index (χ2v) is 5.94. The summed E-state index contributed by atoms with van der Waals surface area (Å²) in [6, 6.07) is 5.70. The Morgan fingerprint density at radius 2 is 2.18 bits per heavy atom. The molecular weight excluding hydrogens is 300 g/mol. The number of carbonyl (C=O) groups is 1. The van der Waals surface area contributed by atoms with Gasteiger partial charge in [-0.25, -0.2) is 0 Å². The molecule has 1 amide bonds. The van der Waals surface area contributed by atoms with Crippen molar-refractivity contribution in [1.29, 1.82) is 0 Å². The molecular formula is C16H21ClN4O. The number of hydrogen-bond donors (Lipinski definition) is 2. The Hall–Kier alpha value is -2.01. The predicted molar refractivity (Wildman–Crippen MR) is 90.4 cm³/mol. The SMILES string of the molecule is CC(C)Nc1c(Cl)cccc1NC(=O)CCc1cnn(C)c1. The molecule has 0 atom stereocenters. The number of nitrogens with zero attached hydrogens (tertiary/aromatic N) is 2. The van der Waals surface area contributed by atoms with Crippen LogP contribution in [0.2, 0.25) is 5.02 Å². The van der Waals surface area contributed by atoms with Crippen molar-refractivity contribution in [2.75, 3.05) is 10.6 Å². The molecule has 1 aromatic heterocycles. The highest BCUT2D eigenvalue weighted by molar-refractivity contribution is 6.34. The van der Waals surface area contributed by atoms with Crippen LogP contribution in [0.3, 0.4) is 0 Å². The first kappa shape index (κ1) is 16.4. The van der Waals surface area contributed by atoms with Gasteiger partial charge in [0.25, 0.3) is 0 Å². The summed E-state index contributed by atoms with van der Waals surface area (Å²) in [6.07, 6.45) is 4.75. The summed E-state index contributed by atoms with van der Waals surface area (Å²) < 4.78 is 1.73. The third-order valence-corrected chi connectivity index (χ3v) is 3.43. The number of hydrogen-bond acceptors (Lipinski definition) is 3. The van der Waals surface area contributed by atoms with E-state index in [1.807, 2.05) is 39.2 Å². The number of nitrogens with one attached hydrogen (secondary N) is 2. The van der Waals surface area contributed by atoms with Gasteiger partial charge in [0.2, 0.25) is 5.91 Å². The molecule has 1 heterocycles. The van der Waals surface area contributed by atoms with Gasteiger partial charge in [-0.2, -0.15) is 5.10 Å². The Morgan fingerprint density at radius 1 is 1.41 bits per heavy atom.